The van der Waals surface area contributed by atoms with Gasteiger partial charge in [-0.1, -0.05) is 25.4 Å². The van der Waals surface area contributed by atoms with E-state index in [1.165, 1.54) is 0 Å². The standard InChI is InChI=1S/C19H25ClN4O/c1-15(2)18-21-7-8-23(18)12-9-22-10-13-24(14-11-22)19(25)16-3-5-17(20)6-4-16/h3-8,15H,9-14H2,1-2H3. The van der Waals surface area contributed by atoms with Crippen LogP contribution in [0.1, 0.15) is 35.9 Å². The van der Waals surface area contributed by atoms with Crippen molar-refractivity contribution in [3.63, 3.8) is 0 Å². The first-order valence-corrected chi connectivity index (χ1v) is 9.20. The van der Waals surface area contributed by atoms with Gasteiger partial charge in [-0.05, 0) is 24.3 Å². The number of benzene rings is 1. The molecule has 2 aromatic rings. The molecule has 0 bridgehead atoms. The van der Waals surface area contributed by atoms with Crippen molar-refractivity contribution in [3.05, 3.63) is 53.1 Å². The van der Waals surface area contributed by atoms with Gasteiger partial charge in [0, 0.05) is 68.2 Å². The first-order chi connectivity index (χ1) is 12.0. The number of hydrogen-bond donors (Lipinski definition) is 0. The van der Waals surface area contributed by atoms with Crippen LogP contribution in [0.25, 0.3) is 0 Å². The smallest absolute Gasteiger partial charge is 0.253 e. The zero-order valence-electron chi connectivity index (χ0n) is 14.9. The average molecular weight is 361 g/mol. The van der Waals surface area contributed by atoms with E-state index in [9.17, 15) is 4.79 Å². The second kappa shape index (κ2) is 8.02. The van der Waals surface area contributed by atoms with Gasteiger partial charge in [0.1, 0.15) is 5.82 Å². The summed E-state index contributed by atoms with van der Waals surface area (Å²) in [5.74, 6) is 1.66. The van der Waals surface area contributed by atoms with E-state index < -0.39 is 0 Å². The molecule has 1 aromatic carbocycles. The van der Waals surface area contributed by atoms with Crippen molar-refractivity contribution in [2.75, 3.05) is 32.7 Å². The second-order valence-corrected chi connectivity index (χ2v) is 7.21. The van der Waals surface area contributed by atoms with Crippen LogP contribution in [0.5, 0.6) is 0 Å². The Bertz CT molecular complexity index is 702. The van der Waals surface area contributed by atoms with Crippen LogP contribution in [0, 0.1) is 0 Å². The number of carbonyl (C=O) groups is 1. The van der Waals surface area contributed by atoms with Crippen LogP contribution in [0.3, 0.4) is 0 Å². The Hall–Kier alpha value is -1.85. The lowest BCUT2D eigenvalue weighted by Crippen LogP contribution is -2.49. The zero-order valence-corrected chi connectivity index (χ0v) is 15.6. The number of hydrogen-bond acceptors (Lipinski definition) is 3. The number of nitrogens with zero attached hydrogens (tertiary/aromatic N) is 4. The van der Waals surface area contributed by atoms with E-state index >= 15 is 0 Å². The van der Waals surface area contributed by atoms with Crippen LogP contribution in [-0.2, 0) is 6.54 Å². The van der Waals surface area contributed by atoms with Crippen LogP contribution < -0.4 is 0 Å². The topological polar surface area (TPSA) is 41.4 Å². The molecule has 1 aliphatic heterocycles. The van der Waals surface area contributed by atoms with Gasteiger partial charge in [-0.25, -0.2) is 4.98 Å². The molecule has 0 radical (unpaired) electrons. The molecule has 0 unspecified atom stereocenters. The highest BCUT2D eigenvalue weighted by molar-refractivity contribution is 6.30. The first-order valence-electron chi connectivity index (χ1n) is 8.83. The van der Waals surface area contributed by atoms with Crippen LogP contribution in [0.4, 0.5) is 0 Å². The Morgan fingerprint density at radius 1 is 1.12 bits per heavy atom. The summed E-state index contributed by atoms with van der Waals surface area (Å²) in [5, 5.41) is 0.654. The molecule has 0 aliphatic carbocycles. The van der Waals surface area contributed by atoms with Crippen molar-refractivity contribution in [1.29, 1.82) is 0 Å². The molecule has 6 heteroatoms. The maximum absolute atomic E-state index is 12.5. The average Bonchev–Trinajstić information content (AvgIpc) is 3.09. The van der Waals surface area contributed by atoms with E-state index in [4.69, 9.17) is 11.6 Å². The van der Waals surface area contributed by atoms with Crippen molar-refractivity contribution < 1.29 is 4.79 Å². The van der Waals surface area contributed by atoms with Crippen LogP contribution in [0.15, 0.2) is 36.7 Å². The molecule has 134 valence electrons. The molecule has 3 rings (SSSR count). The molecular formula is C19H25ClN4O. The molecule has 0 saturated carbocycles. The van der Waals surface area contributed by atoms with E-state index in [0.29, 0.717) is 16.5 Å². The van der Waals surface area contributed by atoms with Gasteiger partial charge in [0.05, 0.1) is 0 Å². The van der Waals surface area contributed by atoms with E-state index in [2.05, 4.69) is 34.5 Å². The first kappa shape index (κ1) is 18.0. The molecule has 0 N–H and O–H groups in total. The minimum atomic E-state index is 0.0908. The fourth-order valence-corrected chi connectivity index (χ4v) is 3.34. The number of rotatable bonds is 5. The molecule has 1 amide bonds. The van der Waals surface area contributed by atoms with E-state index in [0.717, 1.165) is 45.1 Å². The molecule has 1 aromatic heterocycles. The highest BCUT2D eigenvalue weighted by Crippen LogP contribution is 2.14. The minimum absolute atomic E-state index is 0.0908. The summed E-state index contributed by atoms with van der Waals surface area (Å²) in [6.45, 7) is 9.61. The lowest BCUT2D eigenvalue weighted by Gasteiger charge is -2.35. The monoisotopic (exact) mass is 360 g/mol. The SMILES string of the molecule is CC(C)c1nccn1CCN1CCN(C(=O)c2ccc(Cl)cc2)CC1. The number of amides is 1. The normalized spacial score (nSPS) is 15.8. The van der Waals surface area contributed by atoms with Gasteiger partial charge in [0.15, 0.2) is 0 Å². The Labute approximate surface area is 154 Å². The summed E-state index contributed by atoms with van der Waals surface area (Å²) in [6.07, 6.45) is 3.92. The predicted molar refractivity (Wildman–Crippen MR) is 100 cm³/mol. The summed E-state index contributed by atoms with van der Waals surface area (Å²) in [6, 6.07) is 7.12. The third kappa shape index (κ3) is 4.41. The third-order valence-electron chi connectivity index (χ3n) is 4.67. The van der Waals surface area contributed by atoms with Crippen molar-refractivity contribution in [1.82, 2.24) is 19.4 Å². The van der Waals surface area contributed by atoms with Crippen LogP contribution >= 0.6 is 11.6 Å². The highest BCUT2D eigenvalue weighted by Gasteiger charge is 2.22. The molecule has 25 heavy (non-hydrogen) atoms. The van der Waals surface area contributed by atoms with Gasteiger partial charge < -0.3 is 9.47 Å². The number of aromatic nitrogens is 2. The Morgan fingerprint density at radius 2 is 1.80 bits per heavy atom. The quantitative estimate of drug-likeness (QED) is 0.822. The number of halogens is 1. The summed E-state index contributed by atoms with van der Waals surface area (Å²) in [4.78, 5) is 21.3. The molecule has 1 fully saturated rings. The van der Waals surface area contributed by atoms with Crippen molar-refractivity contribution in [3.8, 4) is 0 Å². The fraction of sp³-hybridized carbons (Fsp3) is 0.474. The number of carbonyl (C=O) groups excluding carboxylic acids is 1. The predicted octanol–water partition coefficient (Wildman–Crippen LogP) is 3.12. The van der Waals surface area contributed by atoms with Gasteiger partial charge in [-0.3, -0.25) is 9.69 Å². The van der Waals surface area contributed by atoms with Crippen molar-refractivity contribution in [2.45, 2.75) is 26.3 Å². The van der Waals surface area contributed by atoms with Crippen molar-refractivity contribution >= 4 is 17.5 Å². The Kier molecular flexibility index (Phi) is 5.76. The second-order valence-electron chi connectivity index (χ2n) is 6.77. The summed E-state index contributed by atoms with van der Waals surface area (Å²) in [7, 11) is 0. The van der Waals surface area contributed by atoms with Gasteiger partial charge >= 0.3 is 0 Å². The number of piperazine rings is 1. The van der Waals surface area contributed by atoms with Gasteiger partial charge in [0.25, 0.3) is 5.91 Å². The molecule has 1 aliphatic rings. The Balaban J connectivity index is 1.49. The lowest BCUT2D eigenvalue weighted by molar-refractivity contribution is 0.0633. The third-order valence-corrected chi connectivity index (χ3v) is 4.92. The van der Waals surface area contributed by atoms with E-state index in [-0.39, 0.29) is 5.91 Å². The molecule has 1 saturated heterocycles. The summed E-state index contributed by atoms with van der Waals surface area (Å²) < 4.78 is 2.23. The molecule has 2 heterocycles. The van der Waals surface area contributed by atoms with E-state index in [1.807, 2.05) is 11.1 Å². The maximum Gasteiger partial charge on any atom is 0.253 e. The lowest BCUT2D eigenvalue weighted by atomic mass is 10.2. The molecule has 5 nitrogen and oxygen atoms in total. The number of imidazole rings is 1. The molecule has 0 atom stereocenters. The zero-order chi connectivity index (χ0) is 17.8. The van der Waals surface area contributed by atoms with Gasteiger partial charge in [-0.15, -0.1) is 0 Å². The Morgan fingerprint density at radius 3 is 2.44 bits per heavy atom. The van der Waals surface area contributed by atoms with Gasteiger partial charge in [0.2, 0.25) is 0 Å². The summed E-state index contributed by atoms with van der Waals surface area (Å²) >= 11 is 5.89. The minimum Gasteiger partial charge on any atom is -0.336 e. The highest BCUT2D eigenvalue weighted by atomic mass is 35.5. The fourth-order valence-electron chi connectivity index (χ4n) is 3.21. The van der Waals surface area contributed by atoms with Crippen molar-refractivity contribution in [2.24, 2.45) is 0 Å². The van der Waals surface area contributed by atoms with E-state index in [1.54, 1.807) is 24.3 Å². The maximum atomic E-state index is 12.5. The molecular weight excluding hydrogens is 336 g/mol. The van der Waals surface area contributed by atoms with Crippen LogP contribution in [0.2, 0.25) is 5.02 Å². The van der Waals surface area contributed by atoms with Gasteiger partial charge in [-0.2, -0.15) is 0 Å². The van der Waals surface area contributed by atoms with Crippen LogP contribution in [-0.4, -0.2) is 58.0 Å². The molecule has 0 spiro atoms. The summed E-state index contributed by atoms with van der Waals surface area (Å²) in [5.41, 5.74) is 0.706. The largest absolute Gasteiger partial charge is 0.336 e.